The number of hydrogen-bond donors (Lipinski definition) is 1. The van der Waals surface area contributed by atoms with Gasteiger partial charge in [-0.3, -0.25) is 0 Å². The maximum absolute atomic E-state index is 10.5. The van der Waals surface area contributed by atoms with Gasteiger partial charge in [-0.25, -0.2) is 0 Å². The summed E-state index contributed by atoms with van der Waals surface area (Å²) >= 11 is 0. The van der Waals surface area contributed by atoms with Gasteiger partial charge in [0.25, 0.3) is 0 Å². The zero-order valence-electron chi connectivity index (χ0n) is 11.7. The van der Waals surface area contributed by atoms with Crippen LogP contribution in [0.3, 0.4) is 0 Å². The average molecular weight is 244 g/mol. The molecule has 1 heterocycles. The fraction of sp³-hybridized carbons (Fsp3) is 0.375. The molecule has 1 atom stereocenters. The fourth-order valence-electron chi connectivity index (χ4n) is 2.31. The minimum atomic E-state index is -0.609. The molecular formula is C16H20O2. The Balaban J connectivity index is 2.47. The number of rotatable bonds is 2. The molecule has 0 spiro atoms. The summed E-state index contributed by atoms with van der Waals surface area (Å²) in [5.41, 5.74) is 5.30. The fourth-order valence-corrected chi connectivity index (χ4v) is 2.31. The van der Waals surface area contributed by atoms with Crippen LogP contribution in [0.1, 0.15) is 45.4 Å². The second kappa shape index (κ2) is 4.62. The highest BCUT2D eigenvalue weighted by Gasteiger charge is 2.20. The van der Waals surface area contributed by atoms with Crippen LogP contribution in [0.25, 0.3) is 0 Å². The van der Waals surface area contributed by atoms with E-state index in [0.717, 1.165) is 28.2 Å². The molecule has 96 valence electrons. The van der Waals surface area contributed by atoms with Crippen LogP contribution in [0.5, 0.6) is 0 Å². The van der Waals surface area contributed by atoms with Crippen molar-refractivity contribution in [1.29, 1.82) is 0 Å². The normalized spacial score (nSPS) is 12.8. The van der Waals surface area contributed by atoms with Crippen LogP contribution in [0.2, 0.25) is 0 Å². The summed E-state index contributed by atoms with van der Waals surface area (Å²) in [5.74, 6) is 1.68. The molecular weight excluding hydrogens is 224 g/mol. The number of aryl methyl sites for hydroxylation is 4. The van der Waals surface area contributed by atoms with E-state index in [0.29, 0.717) is 0 Å². The molecule has 0 radical (unpaired) electrons. The summed E-state index contributed by atoms with van der Waals surface area (Å²) in [6.45, 7) is 9.96. The molecule has 0 amide bonds. The molecule has 18 heavy (non-hydrogen) atoms. The molecule has 2 aromatic rings. The Labute approximate surface area is 108 Å². The predicted octanol–water partition coefficient (Wildman–Crippen LogP) is 3.90. The van der Waals surface area contributed by atoms with Crippen LogP contribution in [-0.4, -0.2) is 5.11 Å². The standard InChI is InChI=1S/C16H20O2/c1-9-6-7-14(8-10(9)2)16(17)15-11(3)12(4)18-13(15)5/h6-8,16-17H,1-5H3. The maximum atomic E-state index is 10.5. The Hall–Kier alpha value is -1.54. The Morgan fingerprint density at radius 2 is 1.61 bits per heavy atom. The van der Waals surface area contributed by atoms with Crippen molar-refractivity contribution in [3.05, 3.63) is 57.5 Å². The average Bonchev–Trinajstić information content (AvgIpc) is 2.56. The van der Waals surface area contributed by atoms with Gasteiger partial charge in [-0.1, -0.05) is 18.2 Å². The van der Waals surface area contributed by atoms with Gasteiger partial charge >= 0.3 is 0 Å². The Kier molecular flexibility index (Phi) is 3.31. The number of aliphatic hydroxyl groups excluding tert-OH is 1. The van der Waals surface area contributed by atoms with Crippen molar-refractivity contribution < 1.29 is 9.52 Å². The molecule has 0 aliphatic heterocycles. The SMILES string of the molecule is Cc1ccc(C(O)c2c(C)oc(C)c2C)cc1C. The zero-order chi connectivity index (χ0) is 13.4. The van der Waals surface area contributed by atoms with E-state index >= 15 is 0 Å². The van der Waals surface area contributed by atoms with Crippen molar-refractivity contribution in [1.82, 2.24) is 0 Å². The number of furan rings is 1. The van der Waals surface area contributed by atoms with Gasteiger partial charge in [0.1, 0.15) is 17.6 Å². The van der Waals surface area contributed by atoms with Crippen molar-refractivity contribution in [2.24, 2.45) is 0 Å². The smallest absolute Gasteiger partial charge is 0.108 e. The molecule has 1 aromatic carbocycles. The first kappa shape index (κ1) is 12.9. The third kappa shape index (κ3) is 2.08. The van der Waals surface area contributed by atoms with Crippen LogP contribution in [-0.2, 0) is 0 Å². The molecule has 0 saturated heterocycles. The quantitative estimate of drug-likeness (QED) is 0.869. The largest absolute Gasteiger partial charge is 0.466 e. The first-order chi connectivity index (χ1) is 8.41. The molecule has 0 bridgehead atoms. The summed E-state index contributed by atoms with van der Waals surface area (Å²) in [7, 11) is 0. The molecule has 0 fully saturated rings. The highest BCUT2D eigenvalue weighted by atomic mass is 16.3. The molecule has 1 N–H and O–H groups in total. The molecule has 0 saturated carbocycles. The molecule has 2 rings (SSSR count). The third-order valence-electron chi connectivity index (χ3n) is 3.74. The summed E-state index contributed by atoms with van der Waals surface area (Å²) < 4.78 is 5.58. The highest BCUT2D eigenvalue weighted by molar-refractivity contribution is 5.41. The van der Waals surface area contributed by atoms with E-state index < -0.39 is 6.10 Å². The molecule has 1 unspecified atom stereocenters. The minimum absolute atomic E-state index is 0.609. The van der Waals surface area contributed by atoms with E-state index in [1.54, 1.807) is 0 Å². The molecule has 1 aromatic heterocycles. The van der Waals surface area contributed by atoms with Gasteiger partial charge in [-0.05, 0) is 56.9 Å². The summed E-state index contributed by atoms with van der Waals surface area (Å²) in [6, 6.07) is 6.07. The lowest BCUT2D eigenvalue weighted by atomic mass is 9.95. The second-order valence-electron chi connectivity index (χ2n) is 5.00. The van der Waals surface area contributed by atoms with E-state index in [4.69, 9.17) is 4.42 Å². The Bertz CT molecular complexity index is 579. The summed E-state index contributed by atoms with van der Waals surface area (Å²) in [5, 5.41) is 10.5. The van der Waals surface area contributed by atoms with Crippen molar-refractivity contribution >= 4 is 0 Å². The van der Waals surface area contributed by atoms with Crippen LogP contribution in [0.15, 0.2) is 22.6 Å². The minimum Gasteiger partial charge on any atom is -0.466 e. The van der Waals surface area contributed by atoms with Crippen molar-refractivity contribution in [3.63, 3.8) is 0 Å². The number of benzene rings is 1. The van der Waals surface area contributed by atoms with E-state index in [-0.39, 0.29) is 0 Å². The van der Waals surface area contributed by atoms with Crippen LogP contribution >= 0.6 is 0 Å². The zero-order valence-corrected chi connectivity index (χ0v) is 11.7. The van der Waals surface area contributed by atoms with Crippen LogP contribution in [0.4, 0.5) is 0 Å². The lowest BCUT2D eigenvalue weighted by Gasteiger charge is -2.13. The number of hydrogen-bond acceptors (Lipinski definition) is 2. The summed E-state index contributed by atoms with van der Waals surface area (Å²) in [4.78, 5) is 0. The third-order valence-corrected chi connectivity index (χ3v) is 3.74. The van der Waals surface area contributed by atoms with E-state index in [1.165, 1.54) is 11.1 Å². The first-order valence-electron chi connectivity index (χ1n) is 6.23. The molecule has 2 heteroatoms. The van der Waals surface area contributed by atoms with Gasteiger partial charge < -0.3 is 9.52 Å². The van der Waals surface area contributed by atoms with E-state index in [2.05, 4.69) is 13.8 Å². The molecule has 0 aliphatic carbocycles. The van der Waals surface area contributed by atoms with Gasteiger partial charge in [0.05, 0.1) is 0 Å². The predicted molar refractivity (Wildman–Crippen MR) is 72.9 cm³/mol. The van der Waals surface area contributed by atoms with Crippen molar-refractivity contribution in [2.75, 3.05) is 0 Å². The van der Waals surface area contributed by atoms with E-state index in [9.17, 15) is 5.11 Å². The Morgan fingerprint density at radius 3 is 2.11 bits per heavy atom. The summed E-state index contributed by atoms with van der Waals surface area (Å²) in [6.07, 6.45) is -0.609. The van der Waals surface area contributed by atoms with Crippen LogP contribution in [0, 0.1) is 34.6 Å². The maximum Gasteiger partial charge on any atom is 0.108 e. The monoisotopic (exact) mass is 244 g/mol. The van der Waals surface area contributed by atoms with Crippen molar-refractivity contribution in [3.8, 4) is 0 Å². The lowest BCUT2D eigenvalue weighted by Crippen LogP contribution is -2.02. The van der Waals surface area contributed by atoms with Crippen molar-refractivity contribution in [2.45, 2.75) is 40.7 Å². The van der Waals surface area contributed by atoms with Crippen LogP contribution < -0.4 is 0 Å². The molecule has 0 aliphatic rings. The molecule has 2 nitrogen and oxygen atoms in total. The van der Waals surface area contributed by atoms with Gasteiger partial charge in [0, 0.05) is 5.56 Å². The highest BCUT2D eigenvalue weighted by Crippen LogP contribution is 2.31. The van der Waals surface area contributed by atoms with Gasteiger partial charge in [-0.2, -0.15) is 0 Å². The second-order valence-corrected chi connectivity index (χ2v) is 5.00. The van der Waals surface area contributed by atoms with E-state index in [1.807, 2.05) is 39.0 Å². The first-order valence-corrected chi connectivity index (χ1v) is 6.23. The Morgan fingerprint density at radius 1 is 0.944 bits per heavy atom. The van der Waals surface area contributed by atoms with Gasteiger partial charge in [0.15, 0.2) is 0 Å². The van der Waals surface area contributed by atoms with Gasteiger partial charge in [0.2, 0.25) is 0 Å². The van der Waals surface area contributed by atoms with Gasteiger partial charge in [-0.15, -0.1) is 0 Å². The topological polar surface area (TPSA) is 33.4 Å². The lowest BCUT2D eigenvalue weighted by molar-refractivity contribution is 0.217. The number of aliphatic hydroxyl groups is 1.